The van der Waals surface area contributed by atoms with E-state index in [1.807, 2.05) is 6.92 Å². The zero-order chi connectivity index (χ0) is 10.1. The number of nitrogens with zero attached hydrogens (tertiary/aromatic N) is 1. The van der Waals surface area contributed by atoms with Crippen LogP contribution in [0.2, 0.25) is 5.15 Å². The molecule has 76 valence electrons. The normalized spacial score (nSPS) is 15.6. The van der Waals surface area contributed by atoms with Gasteiger partial charge < -0.3 is 9.84 Å². The van der Waals surface area contributed by atoms with E-state index in [0.717, 1.165) is 24.1 Å². The highest BCUT2D eigenvalue weighted by Gasteiger charge is 2.25. The van der Waals surface area contributed by atoms with Crippen LogP contribution in [0.15, 0.2) is 6.07 Å². The summed E-state index contributed by atoms with van der Waals surface area (Å²) < 4.78 is 5.55. The van der Waals surface area contributed by atoms with E-state index in [4.69, 9.17) is 21.4 Å². The summed E-state index contributed by atoms with van der Waals surface area (Å²) >= 11 is 5.91. The molecule has 1 aromatic heterocycles. The Labute approximate surface area is 87.7 Å². The van der Waals surface area contributed by atoms with E-state index >= 15 is 0 Å². The van der Waals surface area contributed by atoms with Gasteiger partial charge in [-0.1, -0.05) is 11.6 Å². The molecule has 1 saturated carbocycles. The third-order valence-corrected chi connectivity index (χ3v) is 2.50. The molecule has 0 amide bonds. The molecule has 4 heteroatoms. The molecule has 14 heavy (non-hydrogen) atoms. The maximum atomic E-state index is 9.04. The van der Waals surface area contributed by atoms with Crippen LogP contribution in [0.3, 0.4) is 0 Å². The van der Waals surface area contributed by atoms with Crippen LogP contribution in [0.4, 0.5) is 0 Å². The van der Waals surface area contributed by atoms with Crippen molar-refractivity contribution in [3.63, 3.8) is 0 Å². The summed E-state index contributed by atoms with van der Waals surface area (Å²) in [7, 11) is 0. The van der Waals surface area contributed by atoms with E-state index in [1.54, 1.807) is 6.07 Å². The van der Waals surface area contributed by atoms with Crippen molar-refractivity contribution in [3.8, 4) is 5.75 Å². The van der Waals surface area contributed by atoms with Gasteiger partial charge in [0.1, 0.15) is 0 Å². The monoisotopic (exact) mass is 213 g/mol. The third-order valence-electron chi connectivity index (χ3n) is 2.23. The lowest BCUT2D eigenvalue weighted by Crippen LogP contribution is -2.01. The van der Waals surface area contributed by atoms with Crippen LogP contribution in [0.25, 0.3) is 0 Å². The maximum absolute atomic E-state index is 9.04. The van der Waals surface area contributed by atoms with E-state index < -0.39 is 0 Å². The van der Waals surface area contributed by atoms with Crippen molar-refractivity contribution in [2.24, 2.45) is 0 Å². The standard InChI is InChI=1S/C10H12ClNO2/c1-6-7(5-13)4-9(10(11)12-6)14-8-2-3-8/h4,8,13H,2-3,5H2,1H3. The molecule has 1 aromatic rings. The third kappa shape index (κ3) is 1.99. The highest BCUT2D eigenvalue weighted by atomic mass is 35.5. The molecule has 0 radical (unpaired) electrons. The number of rotatable bonds is 3. The van der Waals surface area contributed by atoms with Crippen LogP contribution in [-0.4, -0.2) is 16.2 Å². The zero-order valence-electron chi connectivity index (χ0n) is 7.96. The molecular weight excluding hydrogens is 202 g/mol. The predicted molar refractivity (Wildman–Crippen MR) is 53.6 cm³/mol. The first-order chi connectivity index (χ1) is 6.70. The minimum Gasteiger partial charge on any atom is -0.487 e. The molecule has 1 aliphatic rings. The van der Waals surface area contributed by atoms with Gasteiger partial charge in [0.15, 0.2) is 10.9 Å². The Morgan fingerprint density at radius 1 is 1.64 bits per heavy atom. The SMILES string of the molecule is Cc1nc(Cl)c(OC2CC2)cc1CO. The van der Waals surface area contributed by atoms with Crippen LogP contribution < -0.4 is 4.74 Å². The molecule has 0 bridgehead atoms. The molecule has 0 saturated heterocycles. The Hall–Kier alpha value is -0.800. The van der Waals surface area contributed by atoms with Crippen LogP contribution in [0.1, 0.15) is 24.1 Å². The van der Waals surface area contributed by atoms with Crippen molar-refractivity contribution in [1.82, 2.24) is 4.98 Å². The molecule has 0 unspecified atom stereocenters. The Morgan fingerprint density at radius 3 is 2.93 bits per heavy atom. The van der Waals surface area contributed by atoms with Crippen molar-refractivity contribution < 1.29 is 9.84 Å². The number of aliphatic hydroxyl groups excluding tert-OH is 1. The van der Waals surface area contributed by atoms with Gasteiger partial charge in [0.05, 0.1) is 12.7 Å². The highest BCUT2D eigenvalue weighted by molar-refractivity contribution is 6.30. The molecule has 1 fully saturated rings. The van der Waals surface area contributed by atoms with Gasteiger partial charge >= 0.3 is 0 Å². The maximum Gasteiger partial charge on any atom is 0.171 e. The summed E-state index contributed by atoms with van der Waals surface area (Å²) in [5.74, 6) is 0.587. The summed E-state index contributed by atoms with van der Waals surface area (Å²) in [6, 6.07) is 1.77. The van der Waals surface area contributed by atoms with E-state index in [-0.39, 0.29) is 6.61 Å². The molecule has 1 N–H and O–H groups in total. The Bertz CT molecular complexity index is 350. The second kappa shape index (κ2) is 3.75. The molecular formula is C10H12ClNO2. The second-order valence-electron chi connectivity index (χ2n) is 3.50. The average molecular weight is 214 g/mol. The van der Waals surface area contributed by atoms with Gasteiger partial charge in [0.2, 0.25) is 0 Å². The van der Waals surface area contributed by atoms with Gasteiger partial charge in [0, 0.05) is 11.3 Å². The van der Waals surface area contributed by atoms with E-state index in [2.05, 4.69) is 4.98 Å². The number of hydrogen-bond acceptors (Lipinski definition) is 3. The van der Waals surface area contributed by atoms with Crippen molar-refractivity contribution >= 4 is 11.6 Å². The van der Waals surface area contributed by atoms with Crippen molar-refractivity contribution in [2.75, 3.05) is 0 Å². The number of halogens is 1. The van der Waals surface area contributed by atoms with Gasteiger partial charge in [-0.3, -0.25) is 0 Å². The lowest BCUT2D eigenvalue weighted by atomic mass is 10.2. The van der Waals surface area contributed by atoms with Crippen molar-refractivity contribution in [2.45, 2.75) is 32.5 Å². The lowest BCUT2D eigenvalue weighted by Gasteiger charge is -2.09. The topological polar surface area (TPSA) is 42.4 Å². The molecule has 2 rings (SSSR count). The van der Waals surface area contributed by atoms with Crippen molar-refractivity contribution in [3.05, 3.63) is 22.5 Å². The van der Waals surface area contributed by atoms with Gasteiger partial charge in [-0.2, -0.15) is 0 Å². The predicted octanol–water partition coefficient (Wildman–Crippen LogP) is 2.08. The summed E-state index contributed by atoms with van der Waals surface area (Å²) in [4.78, 5) is 4.11. The molecule has 0 atom stereocenters. The zero-order valence-corrected chi connectivity index (χ0v) is 8.71. The fourth-order valence-corrected chi connectivity index (χ4v) is 1.43. The first kappa shape index (κ1) is 9.74. The highest BCUT2D eigenvalue weighted by Crippen LogP contribution is 2.32. The Balaban J connectivity index is 2.27. The summed E-state index contributed by atoms with van der Waals surface area (Å²) in [5.41, 5.74) is 1.52. The van der Waals surface area contributed by atoms with Crippen molar-refractivity contribution in [1.29, 1.82) is 0 Å². The summed E-state index contributed by atoms with van der Waals surface area (Å²) in [6.07, 6.45) is 2.46. The molecule has 0 spiro atoms. The van der Waals surface area contributed by atoms with Gasteiger partial charge in [-0.15, -0.1) is 0 Å². The second-order valence-corrected chi connectivity index (χ2v) is 3.86. The van der Waals surface area contributed by atoms with Crippen LogP contribution in [0.5, 0.6) is 5.75 Å². The van der Waals surface area contributed by atoms with E-state index in [9.17, 15) is 0 Å². The Morgan fingerprint density at radius 2 is 2.36 bits per heavy atom. The first-order valence-electron chi connectivity index (χ1n) is 4.64. The number of aliphatic hydroxyl groups is 1. The molecule has 0 aliphatic heterocycles. The first-order valence-corrected chi connectivity index (χ1v) is 5.02. The van der Waals surface area contributed by atoms with Crippen LogP contribution in [-0.2, 0) is 6.61 Å². The lowest BCUT2D eigenvalue weighted by molar-refractivity contribution is 0.275. The largest absolute Gasteiger partial charge is 0.487 e. The number of aromatic nitrogens is 1. The van der Waals surface area contributed by atoms with E-state index in [1.165, 1.54) is 0 Å². The number of aryl methyl sites for hydroxylation is 1. The average Bonchev–Trinajstić information content (AvgIpc) is 2.93. The molecule has 0 aromatic carbocycles. The van der Waals surface area contributed by atoms with E-state index in [0.29, 0.717) is 17.0 Å². The fourth-order valence-electron chi connectivity index (χ4n) is 1.20. The van der Waals surface area contributed by atoms with Crippen LogP contribution in [0, 0.1) is 6.92 Å². The summed E-state index contributed by atoms with van der Waals surface area (Å²) in [5, 5.41) is 9.43. The minimum atomic E-state index is -0.0307. The minimum absolute atomic E-state index is 0.0307. The number of hydrogen-bond donors (Lipinski definition) is 1. The summed E-state index contributed by atoms with van der Waals surface area (Å²) in [6.45, 7) is 1.79. The molecule has 1 heterocycles. The fraction of sp³-hybridized carbons (Fsp3) is 0.500. The number of pyridine rings is 1. The molecule has 1 aliphatic carbocycles. The van der Waals surface area contributed by atoms with Crippen LogP contribution >= 0.6 is 11.6 Å². The van der Waals surface area contributed by atoms with Gasteiger partial charge in [-0.05, 0) is 25.8 Å². The van der Waals surface area contributed by atoms with Gasteiger partial charge in [-0.25, -0.2) is 4.98 Å². The smallest absolute Gasteiger partial charge is 0.171 e. The molecule has 3 nitrogen and oxygen atoms in total. The number of ether oxygens (including phenoxy) is 1. The quantitative estimate of drug-likeness (QED) is 0.782. The Kier molecular flexibility index (Phi) is 2.61. The van der Waals surface area contributed by atoms with Gasteiger partial charge in [0.25, 0.3) is 0 Å².